The van der Waals surface area contributed by atoms with Crippen molar-refractivity contribution in [2.45, 2.75) is 18.6 Å². The van der Waals surface area contributed by atoms with Crippen molar-refractivity contribution in [3.05, 3.63) is 28.4 Å². The SMILES string of the molecule is [2H]c1nc(C2([2H])C([2H])([2H])C2([2H])[2H])c([2H])c([2H])c1Br. The zero-order valence-corrected chi connectivity index (χ0v) is 6.41. The quantitative estimate of drug-likeness (QED) is 0.688. The van der Waals surface area contributed by atoms with E-state index in [1.54, 1.807) is 0 Å². The Kier molecular flexibility index (Phi) is 0.485. The van der Waals surface area contributed by atoms with Crippen LogP contribution in [0.4, 0.5) is 0 Å². The molecule has 52 valence electrons. The maximum Gasteiger partial charge on any atom is 0.0852 e. The molecule has 2 heteroatoms. The molecule has 1 nitrogen and oxygen atoms in total. The fourth-order valence-electron chi connectivity index (χ4n) is 0.543. The van der Waals surface area contributed by atoms with E-state index in [4.69, 9.17) is 11.0 Å². The highest BCUT2D eigenvalue weighted by molar-refractivity contribution is 9.10. The zero-order valence-electron chi connectivity index (χ0n) is 12.8. The average Bonchev–Trinajstić information content (AvgIpc) is 2.59. The minimum Gasteiger partial charge on any atom is -0.260 e. The summed E-state index contributed by atoms with van der Waals surface area (Å²) in [6.45, 7) is 0. The van der Waals surface area contributed by atoms with Gasteiger partial charge in [-0.2, -0.15) is 0 Å². The molecule has 0 spiro atoms. The van der Waals surface area contributed by atoms with E-state index in [0.29, 0.717) is 0 Å². The Labute approximate surface area is 79.8 Å². The third-order valence-electron chi connectivity index (χ3n) is 1.04. The first-order valence-corrected chi connectivity index (χ1v) is 3.43. The van der Waals surface area contributed by atoms with Gasteiger partial charge in [0.1, 0.15) is 0 Å². The van der Waals surface area contributed by atoms with Crippen LogP contribution in [0, 0.1) is 0 Å². The van der Waals surface area contributed by atoms with Gasteiger partial charge in [0.15, 0.2) is 0 Å². The van der Waals surface area contributed by atoms with Gasteiger partial charge in [-0.15, -0.1) is 0 Å². The molecule has 0 unspecified atom stereocenters. The van der Waals surface area contributed by atoms with Crippen LogP contribution in [0.25, 0.3) is 0 Å². The highest BCUT2D eigenvalue weighted by Crippen LogP contribution is 2.38. The second-order valence-corrected chi connectivity index (χ2v) is 2.55. The molecule has 1 aromatic rings. The molecule has 10 heavy (non-hydrogen) atoms. The van der Waals surface area contributed by atoms with Crippen LogP contribution in [0.2, 0.25) is 0 Å². The average molecular weight is 206 g/mol. The minimum atomic E-state index is -2.49. The first-order valence-electron chi connectivity index (χ1n) is 6.64. The van der Waals surface area contributed by atoms with E-state index >= 15 is 0 Å². The Morgan fingerprint density at radius 1 is 1.80 bits per heavy atom. The van der Waals surface area contributed by atoms with Gasteiger partial charge >= 0.3 is 0 Å². The molecule has 0 saturated heterocycles. The van der Waals surface area contributed by atoms with Gasteiger partial charge < -0.3 is 0 Å². The van der Waals surface area contributed by atoms with E-state index < -0.39 is 42.6 Å². The van der Waals surface area contributed by atoms with Crippen molar-refractivity contribution in [3.63, 3.8) is 0 Å². The summed E-state index contributed by atoms with van der Waals surface area (Å²) < 4.78 is 60.5. The van der Waals surface area contributed by atoms with Gasteiger partial charge in [-0.3, -0.25) is 4.98 Å². The predicted molar refractivity (Wildman–Crippen MR) is 43.9 cm³/mol. The largest absolute Gasteiger partial charge is 0.260 e. The van der Waals surface area contributed by atoms with E-state index in [1.807, 2.05) is 0 Å². The van der Waals surface area contributed by atoms with Crippen molar-refractivity contribution in [1.29, 1.82) is 0 Å². The molecule has 1 heterocycles. The van der Waals surface area contributed by atoms with Crippen LogP contribution in [-0.2, 0) is 0 Å². The zero-order chi connectivity index (χ0) is 14.1. The summed E-state index contributed by atoms with van der Waals surface area (Å²) >= 11 is 2.90. The second kappa shape index (κ2) is 2.35. The van der Waals surface area contributed by atoms with E-state index in [9.17, 15) is 0 Å². The van der Waals surface area contributed by atoms with E-state index in [-0.39, 0.29) is 4.47 Å². The van der Waals surface area contributed by atoms with Gasteiger partial charge in [0.25, 0.3) is 0 Å². The maximum atomic E-state index is 7.88. The number of rotatable bonds is 1. The highest BCUT2D eigenvalue weighted by Gasteiger charge is 2.24. The number of hydrogen-bond donors (Lipinski definition) is 0. The summed E-state index contributed by atoms with van der Waals surface area (Å²) in [6.07, 6.45) is -5.39. The molecule has 0 bridgehead atoms. The number of pyridine rings is 1. The Hall–Kier alpha value is -0.370. The lowest BCUT2D eigenvalue weighted by molar-refractivity contribution is 1.02. The Morgan fingerprint density at radius 3 is 3.30 bits per heavy atom. The second-order valence-electron chi connectivity index (χ2n) is 1.76. The molecule has 0 amide bonds. The molecule has 0 aromatic carbocycles. The molecule has 1 fully saturated rings. The first kappa shape index (κ1) is 2.07. The highest BCUT2D eigenvalue weighted by atomic mass is 79.9. The lowest BCUT2D eigenvalue weighted by atomic mass is 10.3. The molecule has 0 atom stereocenters. The van der Waals surface area contributed by atoms with Crippen molar-refractivity contribution in [3.8, 4) is 0 Å². The third-order valence-corrected chi connectivity index (χ3v) is 1.42. The van der Waals surface area contributed by atoms with Crippen LogP contribution in [0.3, 0.4) is 0 Å². The van der Waals surface area contributed by atoms with E-state index in [2.05, 4.69) is 20.9 Å². The van der Waals surface area contributed by atoms with E-state index in [0.717, 1.165) is 0 Å². The number of hydrogen-bond acceptors (Lipinski definition) is 1. The van der Waals surface area contributed by atoms with Crippen LogP contribution < -0.4 is 0 Å². The van der Waals surface area contributed by atoms with Crippen molar-refractivity contribution < 1.29 is 11.0 Å². The molecule has 0 aliphatic heterocycles. The van der Waals surface area contributed by atoms with Gasteiger partial charge in [0.05, 0.1) is 4.11 Å². The van der Waals surface area contributed by atoms with Crippen molar-refractivity contribution >= 4 is 15.9 Å². The first-order chi connectivity index (χ1) is 8.00. The van der Waals surface area contributed by atoms with Gasteiger partial charge in [-0.25, -0.2) is 0 Å². The summed E-state index contributed by atoms with van der Waals surface area (Å²) in [5.41, 5.74) is -0.504. The molecule has 1 aliphatic rings. The van der Waals surface area contributed by atoms with Crippen molar-refractivity contribution in [2.24, 2.45) is 0 Å². The standard InChI is InChI=1S/C8H8BrN/c9-7-3-4-8(10-5-7)6-1-2-6/h3-6H,1-2H2/i1D2,2D2,3D,4D,5D,6D. The van der Waals surface area contributed by atoms with Crippen LogP contribution in [-0.4, -0.2) is 4.98 Å². The molecular weight excluding hydrogens is 190 g/mol. The molecule has 1 aliphatic carbocycles. The number of halogens is 1. The van der Waals surface area contributed by atoms with Crippen LogP contribution in [0.5, 0.6) is 0 Å². The minimum absolute atomic E-state index is 0.0263. The summed E-state index contributed by atoms with van der Waals surface area (Å²) in [6, 6.07) is -0.923. The van der Waals surface area contributed by atoms with Gasteiger partial charge in [0, 0.05) is 29.1 Å². The van der Waals surface area contributed by atoms with Crippen molar-refractivity contribution in [1.82, 2.24) is 4.98 Å². The Morgan fingerprint density at radius 2 is 2.60 bits per heavy atom. The monoisotopic (exact) mass is 205 g/mol. The van der Waals surface area contributed by atoms with Gasteiger partial charge in [0.2, 0.25) is 0 Å². The summed E-state index contributed by atoms with van der Waals surface area (Å²) in [7, 11) is 0. The lowest BCUT2D eigenvalue weighted by Gasteiger charge is -1.94. The molecule has 2 rings (SSSR count). The van der Waals surface area contributed by atoms with Crippen LogP contribution in [0.1, 0.15) is 35.3 Å². The molecule has 1 aromatic heterocycles. The maximum absolute atomic E-state index is 7.88. The number of nitrogens with zero attached hydrogens (tertiary/aromatic N) is 1. The molecular formula is C8H8BrN. The van der Waals surface area contributed by atoms with Crippen LogP contribution >= 0.6 is 15.9 Å². The Bertz CT molecular complexity index is 528. The normalized spacial score (nSPS) is 42.1. The lowest BCUT2D eigenvalue weighted by Crippen LogP contribution is -1.82. The fraction of sp³-hybridized carbons (Fsp3) is 0.375. The fourth-order valence-corrected chi connectivity index (χ4v) is 0.731. The summed E-state index contributed by atoms with van der Waals surface area (Å²) in [4.78, 5) is 3.60. The third kappa shape index (κ3) is 1.21. The summed E-state index contributed by atoms with van der Waals surface area (Å²) in [5.74, 6) is -2.34. The van der Waals surface area contributed by atoms with Gasteiger partial charge in [-0.05, 0) is 40.8 Å². The van der Waals surface area contributed by atoms with Gasteiger partial charge in [-0.1, -0.05) is 0 Å². The van der Waals surface area contributed by atoms with Crippen LogP contribution in [0.15, 0.2) is 22.7 Å². The molecule has 0 radical (unpaired) electrons. The van der Waals surface area contributed by atoms with Crippen molar-refractivity contribution in [2.75, 3.05) is 0 Å². The predicted octanol–water partition coefficient (Wildman–Crippen LogP) is 2.72. The van der Waals surface area contributed by atoms with E-state index in [1.165, 1.54) is 0 Å². The smallest absolute Gasteiger partial charge is 0.0852 e. The summed E-state index contributed by atoms with van der Waals surface area (Å²) in [5, 5.41) is 0. The Balaban J connectivity index is 2.70. The number of aromatic nitrogens is 1. The topological polar surface area (TPSA) is 12.9 Å². The molecule has 1 saturated carbocycles. The molecule has 0 N–H and O–H groups in total.